The summed E-state index contributed by atoms with van der Waals surface area (Å²) in [6.07, 6.45) is 0. The smallest absolute Gasteiger partial charge is 0.338 e. The van der Waals surface area contributed by atoms with Crippen LogP contribution in [0.3, 0.4) is 0 Å². The number of hydrogen-bond donors (Lipinski definition) is 0. The molecule has 0 aliphatic heterocycles. The lowest BCUT2D eigenvalue weighted by atomic mass is 10.2. The molecule has 7 heteroatoms. The van der Waals surface area contributed by atoms with Gasteiger partial charge in [0, 0.05) is 9.38 Å². The molecule has 16 heavy (non-hydrogen) atoms. The highest BCUT2D eigenvalue weighted by molar-refractivity contribution is 9.10. The van der Waals surface area contributed by atoms with E-state index in [0.29, 0.717) is 0 Å². The molecule has 0 atom stereocenters. The summed E-state index contributed by atoms with van der Waals surface area (Å²) in [5.74, 6) is -1.41. The lowest BCUT2D eigenvalue weighted by Crippen LogP contribution is -2.05. The SMILES string of the molecule is CCOC(=O)c1cc(F)c(N=[N+]=[N-])c(Br)c1. The molecule has 0 aromatic heterocycles. The molecule has 0 bridgehead atoms. The number of carbonyl (C=O) groups is 1. The number of nitrogens with zero attached hydrogens (tertiary/aromatic N) is 3. The van der Waals surface area contributed by atoms with Gasteiger partial charge in [0.25, 0.3) is 0 Å². The lowest BCUT2D eigenvalue weighted by Gasteiger charge is -2.04. The zero-order valence-corrected chi connectivity index (χ0v) is 9.86. The first-order chi connectivity index (χ1) is 7.60. The summed E-state index contributed by atoms with van der Waals surface area (Å²) in [4.78, 5) is 13.8. The average molecular weight is 288 g/mol. The summed E-state index contributed by atoms with van der Waals surface area (Å²) < 4.78 is 18.3. The van der Waals surface area contributed by atoms with Crippen molar-refractivity contribution in [2.45, 2.75) is 6.92 Å². The third-order valence-electron chi connectivity index (χ3n) is 1.67. The van der Waals surface area contributed by atoms with Crippen LogP contribution in [0.5, 0.6) is 0 Å². The van der Waals surface area contributed by atoms with Gasteiger partial charge in [0.2, 0.25) is 0 Å². The quantitative estimate of drug-likeness (QED) is 0.368. The molecule has 0 heterocycles. The van der Waals surface area contributed by atoms with Crippen molar-refractivity contribution >= 4 is 27.6 Å². The molecule has 84 valence electrons. The zero-order valence-electron chi connectivity index (χ0n) is 8.28. The first kappa shape index (κ1) is 12.5. The highest BCUT2D eigenvalue weighted by Crippen LogP contribution is 2.30. The van der Waals surface area contributed by atoms with Gasteiger partial charge in [-0.05, 0) is 24.6 Å². The molecule has 0 saturated heterocycles. The molecule has 0 aliphatic carbocycles. The Bertz CT molecular complexity index is 449. The molecule has 0 radical (unpaired) electrons. The summed E-state index contributed by atoms with van der Waals surface area (Å²) in [7, 11) is 0. The number of azide groups is 1. The van der Waals surface area contributed by atoms with E-state index in [9.17, 15) is 9.18 Å². The van der Waals surface area contributed by atoms with Crippen molar-refractivity contribution in [2.24, 2.45) is 5.11 Å². The number of benzene rings is 1. The summed E-state index contributed by atoms with van der Waals surface area (Å²) in [5, 5.41) is 3.16. The number of carbonyl (C=O) groups excluding carboxylic acids is 1. The van der Waals surface area contributed by atoms with Gasteiger partial charge in [0.1, 0.15) is 5.82 Å². The molecule has 5 nitrogen and oxygen atoms in total. The van der Waals surface area contributed by atoms with Gasteiger partial charge in [-0.15, -0.1) is 0 Å². The molecule has 0 saturated carbocycles. The minimum absolute atomic E-state index is 0.0584. The highest BCUT2D eigenvalue weighted by atomic mass is 79.9. The fraction of sp³-hybridized carbons (Fsp3) is 0.222. The number of ether oxygens (including phenoxy) is 1. The van der Waals surface area contributed by atoms with Crippen molar-refractivity contribution in [2.75, 3.05) is 6.61 Å². The Morgan fingerprint density at radius 3 is 2.88 bits per heavy atom. The van der Waals surface area contributed by atoms with E-state index >= 15 is 0 Å². The first-order valence-electron chi connectivity index (χ1n) is 4.31. The van der Waals surface area contributed by atoms with Crippen LogP contribution in [0.25, 0.3) is 10.4 Å². The Hall–Kier alpha value is -1.59. The van der Waals surface area contributed by atoms with Crippen LogP contribution in [0.15, 0.2) is 21.7 Å². The molecule has 0 unspecified atom stereocenters. The second kappa shape index (κ2) is 5.48. The number of hydrogen-bond acceptors (Lipinski definition) is 3. The topological polar surface area (TPSA) is 75.1 Å². The van der Waals surface area contributed by atoms with Gasteiger partial charge in [-0.1, -0.05) is 21.0 Å². The Balaban J connectivity index is 3.19. The van der Waals surface area contributed by atoms with E-state index in [1.807, 2.05) is 0 Å². The van der Waals surface area contributed by atoms with Crippen molar-refractivity contribution in [1.82, 2.24) is 0 Å². The Labute approximate surface area is 99.0 Å². The van der Waals surface area contributed by atoms with Gasteiger partial charge in [-0.2, -0.15) is 0 Å². The third-order valence-corrected chi connectivity index (χ3v) is 2.28. The van der Waals surface area contributed by atoms with E-state index in [1.165, 1.54) is 6.07 Å². The van der Waals surface area contributed by atoms with E-state index in [-0.39, 0.29) is 22.3 Å². The van der Waals surface area contributed by atoms with Crippen molar-refractivity contribution in [3.8, 4) is 0 Å². The van der Waals surface area contributed by atoms with E-state index < -0.39 is 11.8 Å². The van der Waals surface area contributed by atoms with Gasteiger partial charge < -0.3 is 4.74 Å². The maximum atomic E-state index is 13.4. The fourth-order valence-corrected chi connectivity index (χ4v) is 1.55. The molecular weight excluding hydrogens is 281 g/mol. The summed E-state index contributed by atoms with van der Waals surface area (Å²) in [6.45, 7) is 1.85. The van der Waals surface area contributed by atoms with Crippen LogP contribution in [0, 0.1) is 5.82 Å². The van der Waals surface area contributed by atoms with E-state index in [1.54, 1.807) is 6.92 Å². The molecule has 0 aliphatic rings. The Morgan fingerprint density at radius 2 is 2.38 bits per heavy atom. The molecule has 0 fully saturated rings. The van der Waals surface area contributed by atoms with Crippen LogP contribution in [0.4, 0.5) is 10.1 Å². The minimum Gasteiger partial charge on any atom is -0.462 e. The standard InChI is InChI=1S/C9H7BrFN3O2/c1-2-16-9(15)5-3-6(10)8(13-14-12)7(11)4-5/h3-4H,2H2,1H3. The van der Waals surface area contributed by atoms with Crippen LogP contribution >= 0.6 is 15.9 Å². The van der Waals surface area contributed by atoms with Crippen molar-refractivity contribution in [3.63, 3.8) is 0 Å². The van der Waals surface area contributed by atoms with Gasteiger partial charge >= 0.3 is 5.97 Å². The second-order valence-electron chi connectivity index (χ2n) is 2.70. The van der Waals surface area contributed by atoms with Gasteiger partial charge in [-0.25, -0.2) is 9.18 Å². The third kappa shape index (κ3) is 2.71. The van der Waals surface area contributed by atoms with Crippen molar-refractivity contribution < 1.29 is 13.9 Å². The molecule has 1 rings (SSSR count). The Morgan fingerprint density at radius 1 is 1.69 bits per heavy atom. The fourth-order valence-electron chi connectivity index (χ4n) is 1.04. The second-order valence-corrected chi connectivity index (χ2v) is 3.55. The first-order valence-corrected chi connectivity index (χ1v) is 5.10. The lowest BCUT2D eigenvalue weighted by molar-refractivity contribution is 0.0526. The summed E-state index contributed by atoms with van der Waals surface area (Å²) >= 11 is 3.01. The highest BCUT2D eigenvalue weighted by Gasteiger charge is 2.13. The molecular formula is C9H7BrFN3O2. The van der Waals surface area contributed by atoms with Crippen LogP contribution < -0.4 is 0 Å². The Kier molecular flexibility index (Phi) is 4.28. The zero-order chi connectivity index (χ0) is 12.1. The largest absolute Gasteiger partial charge is 0.462 e. The molecule has 1 aromatic rings. The molecule has 1 aromatic carbocycles. The molecule has 0 amide bonds. The minimum atomic E-state index is -0.782. The normalized spacial score (nSPS) is 9.44. The van der Waals surface area contributed by atoms with Crippen LogP contribution in [0.2, 0.25) is 0 Å². The van der Waals surface area contributed by atoms with Crippen LogP contribution in [-0.2, 0) is 4.74 Å². The average Bonchev–Trinajstić information content (AvgIpc) is 2.23. The van der Waals surface area contributed by atoms with Crippen molar-refractivity contribution in [3.05, 3.63) is 38.4 Å². The van der Waals surface area contributed by atoms with E-state index in [4.69, 9.17) is 10.3 Å². The van der Waals surface area contributed by atoms with E-state index in [0.717, 1.165) is 6.07 Å². The summed E-state index contributed by atoms with van der Waals surface area (Å²) in [6, 6.07) is 2.30. The van der Waals surface area contributed by atoms with Crippen LogP contribution in [-0.4, -0.2) is 12.6 Å². The number of rotatable bonds is 3. The van der Waals surface area contributed by atoms with Crippen LogP contribution in [0.1, 0.15) is 17.3 Å². The monoisotopic (exact) mass is 287 g/mol. The predicted molar refractivity (Wildman–Crippen MR) is 58.9 cm³/mol. The van der Waals surface area contributed by atoms with Gasteiger partial charge in [0.15, 0.2) is 0 Å². The maximum absolute atomic E-state index is 13.4. The van der Waals surface area contributed by atoms with E-state index in [2.05, 4.69) is 26.0 Å². The maximum Gasteiger partial charge on any atom is 0.338 e. The molecule has 0 N–H and O–H groups in total. The molecule has 0 spiro atoms. The predicted octanol–water partition coefficient (Wildman–Crippen LogP) is 3.71. The summed E-state index contributed by atoms with van der Waals surface area (Å²) in [5.41, 5.74) is 8.08. The van der Waals surface area contributed by atoms with Crippen molar-refractivity contribution in [1.29, 1.82) is 0 Å². The van der Waals surface area contributed by atoms with Gasteiger partial charge in [0.05, 0.1) is 17.9 Å². The number of esters is 1. The number of halogens is 2. The van der Waals surface area contributed by atoms with Gasteiger partial charge in [-0.3, -0.25) is 0 Å².